The van der Waals surface area contributed by atoms with Gasteiger partial charge in [0.15, 0.2) is 11.6 Å². The van der Waals surface area contributed by atoms with E-state index < -0.39 is 24.1 Å². The predicted octanol–water partition coefficient (Wildman–Crippen LogP) is 7.05. The summed E-state index contributed by atoms with van der Waals surface area (Å²) in [6.07, 6.45) is 8.34. The molecule has 6 N–H and O–H groups in total. The summed E-state index contributed by atoms with van der Waals surface area (Å²) >= 11 is 1.57. The number of hydrogen-bond donors (Lipinski definition) is 5. The number of thiazole rings is 1. The summed E-state index contributed by atoms with van der Waals surface area (Å²) in [7, 11) is 1.60. The Labute approximate surface area is 487 Å². The molecule has 5 fully saturated rings. The molecule has 0 radical (unpaired) electrons. The molecule has 0 spiro atoms. The van der Waals surface area contributed by atoms with Gasteiger partial charge in [-0.05, 0) is 91.9 Å². The Hall–Kier alpha value is -7.40. The molecular formula is C61H76N12O9S. The van der Waals surface area contributed by atoms with E-state index in [9.17, 15) is 24.6 Å². The second kappa shape index (κ2) is 25.6. The zero-order valence-electron chi connectivity index (χ0n) is 47.6. The number of aromatic nitrogens is 5. The van der Waals surface area contributed by atoms with Gasteiger partial charge in [-0.3, -0.25) is 19.3 Å². The molecule has 6 atom stereocenters. The third-order valence-electron chi connectivity index (χ3n) is 17.2. The molecule has 2 bridgehead atoms. The highest BCUT2D eigenvalue weighted by atomic mass is 32.1. The van der Waals surface area contributed by atoms with Crippen LogP contribution in [0, 0.1) is 12.8 Å². The van der Waals surface area contributed by atoms with Gasteiger partial charge < -0.3 is 60.0 Å². The Morgan fingerprint density at radius 1 is 0.892 bits per heavy atom. The first kappa shape index (κ1) is 57.4. The van der Waals surface area contributed by atoms with Crippen LogP contribution in [0.4, 0.5) is 17.2 Å². The van der Waals surface area contributed by atoms with Crippen molar-refractivity contribution in [1.82, 2.24) is 45.8 Å². The second-order valence-corrected chi connectivity index (χ2v) is 24.0. The number of ether oxygens (including phenoxy) is 3. The average Bonchev–Trinajstić information content (AvgIpc) is 3.04. The third-order valence-corrected chi connectivity index (χ3v) is 18.1. The highest BCUT2D eigenvalue weighted by Gasteiger charge is 2.45. The van der Waals surface area contributed by atoms with Gasteiger partial charge in [0.1, 0.15) is 30.4 Å². The summed E-state index contributed by atoms with van der Waals surface area (Å²) < 4.78 is 24.8. The van der Waals surface area contributed by atoms with Gasteiger partial charge in [-0.2, -0.15) is 0 Å². The SMILES string of the molecule is CNC(=O)CCC[C@H](NC(=O)[C@@H]1C[C@@H](O)CN1C(=O)[C@H](c1cc(OCCN2CCC(OC3CC(Oc4cc(N5C6CC[C@@H]5CN(c5cc(-c7ccccc7O)nnc5N)C6)ccn4)C3)CC2)no1)C(C)C)c1ccc(-c2scnc2C)cc1. The van der Waals surface area contributed by atoms with Crippen LogP contribution in [0.25, 0.3) is 21.7 Å². The zero-order chi connectivity index (χ0) is 57.7. The number of rotatable bonds is 22. The van der Waals surface area contributed by atoms with Crippen LogP contribution in [0.3, 0.4) is 0 Å². The van der Waals surface area contributed by atoms with Crippen LogP contribution in [-0.2, 0) is 19.1 Å². The molecule has 4 aliphatic heterocycles. The van der Waals surface area contributed by atoms with Gasteiger partial charge in [-0.15, -0.1) is 21.5 Å². The van der Waals surface area contributed by atoms with Gasteiger partial charge in [-0.1, -0.05) is 50.2 Å². The highest BCUT2D eigenvalue weighted by molar-refractivity contribution is 7.13. The monoisotopic (exact) mass is 1150 g/mol. The summed E-state index contributed by atoms with van der Waals surface area (Å²) in [6.45, 7) is 10.2. The number of nitrogens with two attached hydrogens (primary N) is 1. The Morgan fingerprint density at radius 2 is 1.66 bits per heavy atom. The number of para-hydroxylation sites is 1. The molecule has 4 saturated heterocycles. The lowest BCUT2D eigenvalue weighted by atomic mass is 9.91. The quantitative estimate of drug-likeness (QED) is 0.0456. The fourth-order valence-electron chi connectivity index (χ4n) is 12.7. The summed E-state index contributed by atoms with van der Waals surface area (Å²) in [5.74, 6) is -0.00144. The van der Waals surface area contributed by atoms with Crippen molar-refractivity contribution in [2.45, 2.75) is 139 Å². The number of phenols is 1. The minimum Gasteiger partial charge on any atom is -0.507 e. The molecule has 6 aromatic rings. The van der Waals surface area contributed by atoms with E-state index in [0.29, 0.717) is 61.1 Å². The van der Waals surface area contributed by atoms with E-state index in [1.54, 1.807) is 36.6 Å². The van der Waals surface area contributed by atoms with Crippen molar-refractivity contribution in [3.05, 3.63) is 102 Å². The molecular weight excluding hydrogens is 1080 g/mol. The van der Waals surface area contributed by atoms with Gasteiger partial charge in [0, 0.05) is 114 Å². The number of hydrogen-bond acceptors (Lipinski definition) is 19. The number of nitrogens with zero attached hydrogens (tertiary/aromatic N) is 9. The molecule has 8 heterocycles. The largest absolute Gasteiger partial charge is 0.507 e. The summed E-state index contributed by atoms with van der Waals surface area (Å²) in [6, 6.07) is 22.1. The van der Waals surface area contributed by atoms with Crippen LogP contribution in [0.5, 0.6) is 17.5 Å². The number of fused-ring (bicyclic) bond motifs is 2. The normalized spacial score (nSPS) is 22.6. The molecule has 1 aliphatic carbocycles. The first-order valence-corrected chi connectivity index (χ1v) is 30.2. The number of nitrogens with one attached hydrogen (secondary N) is 2. The number of piperidine rings is 1. The second-order valence-electron chi connectivity index (χ2n) is 23.1. The third kappa shape index (κ3) is 13.2. The van der Waals surface area contributed by atoms with Crippen LogP contribution in [0.1, 0.15) is 107 Å². The number of pyridine rings is 1. The fraction of sp³-hybridized carbons (Fsp3) is 0.508. The maximum atomic E-state index is 14.5. The lowest BCUT2D eigenvalue weighted by molar-refractivity contribution is -0.141. The number of phenolic OH excluding ortho intramolecular Hbond substituents is 1. The first-order valence-electron chi connectivity index (χ1n) is 29.3. The minimum atomic E-state index is -0.914. The maximum absolute atomic E-state index is 14.5. The molecule has 22 heteroatoms. The number of likely N-dealkylation sites (tertiary alicyclic amines) is 2. The smallest absolute Gasteiger partial charge is 0.254 e. The van der Waals surface area contributed by atoms with Crippen molar-refractivity contribution in [2.24, 2.45) is 5.92 Å². The number of benzene rings is 2. The van der Waals surface area contributed by atoms with Crippen LogP contribution in [0.2, 0.25) is 0 Å². The van der Waals surface area contributed by atoms with Gasteiger partial charge in [0.2, 0.25) is 23.6 Å². The zero-order valence-corrected chi connectivity index (χ0v) is 48.5. The van der Waals surface area contributed by atoms with Crippen molar-refractivity contribution in [3.63, 3.8) is 0 Å². The number of amides is 3. The molecule has 2 aromatic carbocycles. The molecule has 440 valence electrons. The molecule has 1 saturated carbocycles. The predicted molar refractivity (Wildman–Crippen MR) is 314 cm³/mol. The van der Waals surface area contributed by atoms with E-state index in [4.69, 9.17) is 24.5 Å². The van der Waals surface area contributed by atoms with E-state index in [1.165, 1.54) is 4.90 Å². The molecule has 3 amide bonds. The van der Waals surface area contributed by atoms with Crippen LogP contribution >= 0.6 is 11.3 Å². The number of carbonyl (C=O) groups excluding carboxylic acids is 3. The topological polar surface area (TPSA) is 260 Å². The van der Waals surface area contributed by atoms with Crippen molar-refractivity contribution in [1.29, 1.82) is 0 Å². The number of carbonyl (C=O) groups is 3. The van der Waals surface area contributed by atoms with E-state index in [1.807, 2.05) is 74.9 Å². The summed E-state index contributed by atoms with van der Waals surface area (Å²) in [5.41, 5.74) is 14.2. The number of aryl methyl sites for hydroxylation is 1. The van der Waals surface area contributed by atoms with Gasteiger partial charge in [0.05, 0.1) is 51.8 Å². The Kier molecular flexibility index (Phi) is 17.7. The molecule has 11 rings (SSSR count). The Morgan fingerprint density at radius 3 is 2.39 bits per heavy atom. The lowest BCUT2D eigenvalue weighted by Gasteiger charge is -2.43. The highest BCUT2D eigenvalue weighted by Crippen LogP contribution is 2.41. The van der Waals surface area contributed by atoms with Gasteiger partial charge in [-0.25, -0.2) is 9.97 Å². The number of anilines is 3. The average molecular weight is 1150 g/mol. The number of piperazine rings is 1. The number of β-amino-alcohol motifs (C(OH)–C–C–N with tert-alkyl or cyclic N) is 1. The summed E-state index contributed by atoms with van der Waals surface area (Å²) in [5, 5.41) is 40.0. The summed E-state index contributed by atoms with van der Waals surface area (Å²) in [4.78, 5) is 59.5. The van der Waals surface area contributed by atoms with E-state index in [2.05, 4.69) is 62.8 Å². The first-order chi connectivity index (χ1) is 40.2. The van der Waals surface area contributed by atoms with Gasteiger partial charge >= 0.3 is 0 Å². The van der Waals surface area contributed by atoms with E-state index in [-0.39, 0.29) is 78.6 Å². The lowest BCUT2D eigenvalue weighted by Crippen LogP contribution is -2.54. The molecule has 4 aromatic heterocycles. The van der Waals surface area contributed by atoms with Crippen LogP contribution in [0.15, 0.2) is 89.0 Å². The number of aromatic hydroxyl groups is 1. The van der Waals surface area contributed by atoms with Crippen molar-refractivity contribution >= 4 is 46.3 Å². The molecule has 1 unspecified atom stereocenters. The molecule has 5 aliphatic rings. The van der Waals surface area contributed by atoms with E-state index >= 15 is 0 Å². The number of nitrogen functional groups attached to an aromatic ring is 1. The Bertz CT molecular complexity index is 3190. The molecule has 21 nitrogen and oxygen atoms in total. The molecule has 83 heavy (non-hydrogen) atoms. The minimum absolute atomic E-state index is 0.00419. The fourth-order valence-corrected chi connectivity index (χ4v) is 13.5. The number of aliphatic hydroxyl groups is 1. The van der Waals surface area contributed by atoms with Crippen LogP contribution in [-0.4, -0.2) is 159 Å². The Balaban J connectivity index is 0.614. The maximum Gasteiger partial charge on any atom is 0.254 e. The standard InChI is InChI=1S/C61H76N12O9S/c1-36(2)57(61(78)72-34-43(74)27-51(72)60(77)66-48(9-7-11-54(76)63-4)38-12-14-39(15-13-38)58-37(3)65-35-83-58)53-31-56(69-82-53)79-25-24-70-22-19-44(20-23-70)80-45-28-46(29-45)81-55-26-40(18-21-64-55)73-41-16-17-42(73)33-71(32-41)50-30-49(67-68-59(50)62)47-8-5-6-10-52(47)75/h5-6,8,10,12-15,18,21,26,30-31,35-36,41-46,48,51,57,74-75H,7,9,11,16-17,19-20,22-25,27-29,32-34H2,1-4H3,(H2,62,68)(H,63,76)(H,66,77)/t41-,42?,43-,45?,46?,48+,51+,57+/m1/s1. The van der Waals surface area contributed by atoms with Gasteiger partial charge in [0.25, 0.3) is 5.88 Å². The van der Waals surface area contributed by atoms with Crippen LogP contribution < -0.4 is 35.6 Å². The van der Waals surface area contributed by atoms with E-state index in [0.717, 1.165) is 97.8 Å². The van der Waals surface area contributed by atoms with Crippen molar-refractivity contribution in [3.8, 4) is 39.2 Å². The van der Waals surface area contributed by atoms with Crippen molar-refractivity contribution < 1.29 is 43.3 Å². The number of aliphatic hydroxyl groups excluding tert-OH is 1. The van der Waals surface area contributed by atoms with Crippen molar-refractivity contribution in [2.75, 3.05) is 68.5 Å².